The second-order valence-corrected chi connectivity index (χ2v) is 3.92. The van der Waals surface area contributed by atoms with Crippen molar-refractivity contribution in [3.05, 3.63) is 45.4 Å². The zero-order valence-corrected chi connectivity index (χ0v) is 10.1. The summed E-state index contributed by atoms with van der Waals surface area (Å²) in [6.07, 6.45) is 0. The monoisotopic (exact) mass is 251 g/mol. The predicted octanol–water partition coefficient (Wildman–Crippen LogP) is 3.36. The Hall–Kier alpha value is -1.88. The molecular weight excluding hydrogens is 242 g/mol. The van der Waals surface area contributed by atoms with Crippen molar-refractivity contribution in [3.8, 4) is 0 Å². The number of aromatic nitrogens is 1. The fourth-order valence-corrected chi connectivity index (χ4v) is 1.39. The number of nitrogens with zero attached hydrogens (tertiary/aromatic N) is 3. The zero-order valence-electron chi connectivity index (χ0n) is 9.35. The average Bonchev–Trinajstić information content (AvgIpc) is 2.54. The summed E-state index contributed by atoms with van der Waals surface area (Å²) in [5.74, 6) is 0. The van der Waals surface area contributed by atoms with Crippen molar-refractivity contribution in [1.82, 2.24) is 4.74 Å². The molecule has 0 saturated carbocycles. The van der Waals surface area contributed by atoms with Gasteiger partial charge in [0, 0.05) is 12.1 Å². The van der Waals surface area contributed by atoms with Crippen LogP contribution in [-0.4, -0.2) is 4.74 Å². The minimum absolute atomic E-state index is 0.211. The first-order valence-corrected chi connectivity index (χ1v) is 5.30. The van der Waals surface area contributed by atoms with Crippen LogP contribution >= 0.6 is 11.6 Å². The van der Waals surface area contributed by atoms with Gasteiger partial charge in [0.2, 0.25) is 0 Å². The molecule has 2 aromatic rings. The zero-order chi connectivity index (χ0) is 12.4. The molecule has 5 nitrogen and oxygen atoms in total. The topological polar surface area (TPSA) is 59.9 Å². The van der Waals surface area contributed by atoms with E-state index in [9.17, 15) is 4.79 Å². The fraction of sp³-hybridized carbons (Fsp3) is 0.182. The summed E-state index contributed by atoms with van der Waals surface area (Å²) in [5, 5.41) is 8.45. The van der Waals surface area contributed by atoms with Crippen LogP contribution in [0.2, 0.25) is 5.02 Å². The number of hydrogen-bond acceptors (Lipinski definition) is 4. The summed E-state index contributed by atoms with van der Waals surface area (Å²) in [6.45, 7) is 1.74. The van der Waals surface area contributed by atoms with Gasteiger partial charge in [-0.25, -0.2) is 9.53 Å². The smallest absolute Gasteiger partial charge is 0.334 e. The van der Waals surface area contributed by atoms with Gasteiger partial charge >= 0.3 is 5.63 Å². The number of azo groups is 1. The lowest BCUT2D eigenvalue weighted by atomic mass is 10.3. The Morgan fingerprint density at radius 1 is 1.24 bits per heavy atom. The molecule has 0 amide bonds. The van der Waals surface area contributed by atoms with Crippen molar-refractivity contribution >= 4 is 23.0 Å². The van der Waals surface area contributed by atoms with Crippen LogP contribution in [0.25, 0.3) is 0 Å². The van der Waals surface area contributed by atoms with Crippen LogP contribution in [0.1, 0.15) is 5.69 Å². The Kier molecular flexibility index (Phi) is 3.10. The van der Waals surface area contributed by atoms with Gasteiger partial charge in [0.05, 0.1) is 11.4 Å². The summed E-state index contributed by atoms with van der Waals surface area (Å²) in [4.78, 5) is 11.4. The molecule has 6 heteroatoms. The lowest BCUT2D eigenvalue weighted by molar-refractivity contribution is 0.280. The number of aryl methyl sites for hydroxylation is 1. The maximum atomic E-state index is 11.4. The maximum Gasteiger partial charge on any atom is 0.385 e. The van der Waals surface area contributed by atoms with Gasteiger partial charge in [0.1, 0.15) is 0 Å². The van der Waals surface area contributed by atoms with Gasteiger partial charge in [-0.2, -0.15) is 5.11 Å². The highest BCUT2D eigenvalue weighted by molar-refractivity contribution is 6.30. The van der Waals surface area contributed by atoms with Crippen molar-refractivity contribution in [1.29, 1.82) is 0 Å². The lowest BCUT2D eigenvalue weighted by Crippen LogP contribution is -1.90. The predicted molar refractivity (Wildman–Crippen MR) is 64.3 cm³/mol. The highest BCUT2D eigenvalue weighted by Crippen LogP contribution is 2.20. The van der Waals surface area contributed by atoms with Crippen molar-refractivity contribution in [2.24, 2.45) is 17.3 Å². The number of rotatable bonds is 2. The van der Waals surface area contributed by atoms with E-state index in [0.29, 0.717) is 16.4 Å². The second kappa shape index (κ2) is 4.55. The summed E-state index contributed by atoms with van der Waals surface area (Å²) in [5.41, 5.74) is 0.968. The summed E-state index contributed by atoms with van der Waals surface area (Å²) >= 11 is 5.74. The van der Waals surface area contributed by atoms with E-state index in [1.54, 1.807) is 38.2 Å². The van der Waals surface area contributed by atoms with Crippen LogP contribution in [0.3, 0.4) is 0 Å². The van der Waals surface area contributed by atoms with Gasteiger partial charge in [-0.1, -0.05) is 11.6 Å². The minimum atomic E-state index is -0.497. The molecule has 0 fully saturated rings. The number of benzene rings is 1. The molecule has 0 aliphatic heterocycles. The molecule has 0 N–H and O–H groups in total. The van der Waals surface area contributed by atoms with Gasteiger partial charge < -0.3 is 4.52 Å². The average molecular weight is 252 g/mol. The SMILES string of the molecule is Cc1c(N=Nc2ccc(Cl)cc2)c(=O)on1C. The van der Waals surface area contributed by atoms with Gasteiger partial charge in [-0.05, 0) is 31.2 Å². The van der Waals surface area contributed by atoms with Gasteiger partial charge in [0.15, 0.2) is 5.69 Å². The van der Waals surface area contributed by atoms with Gasteiger partial charge in [0.25, 0.3) is 0 Å². The van der Waals surface area contributed by atoms with E-state index in [0.717, 1.165) is 0 Å². The molecular formula is C11H10ClN3O2. The van der Waals surface area contributed by atoms with Crippen molar-refractivity contribution in [2.45, 2.75) is 6.92 Å². The van der Waals surface area contributed by atoms with E-state index < -0.39 is 5.63 Å². The summed E-state index contributed by atoms with van der Waals surface area (Å²) < 4.78 is 6.20. The Morgan fingerprint density at radius 2 is 1.88 bits per heavy atom. The minimum Gasteiger partial charge on any atom is -0.334 e. The molecule has 0 bridgehead atoms. The first kappa shape index (κ1) is 11.6. The van der Waals surface area contributed by atoms with E-state index in [1.807, 2.05) is 0 Å². The van der Waals surface area contributed by atoms with E-state index >= 15 is 0 Å². The van der Waals surface area contributed by atoms with Crippen LogP contribution < -0.4 is 5.63 Å². The van der Waals surface area contributed by atoms with Crippen LogP contribution in [0.4, 0.5) is 11.4 Å². The third kappa shape index (κ3) is 2.45. The molecule has 0 spiro atoms. The normalized spacial score (nSPS) is 11.2. The van der Waals surface area contributed by atoms with E-state index in [4.69, 9.17) is 16.1 Å². The fourth-order valence-electron chi connectivity index (χ4n) is 1.26. The first-order chi connectivity index (χ1) is 8.08. The largest absolute Gasteiger partial charge is 0.385 e. The quantitative estimate of drug-likeness (QED) is 0.769. The second-order valence-electron chi connectivity index (χ2n) is 3.49. The molecule has 0 aliphatic rings. The Morgan fingerprint density at radius 3 is 2.41 bits per heavy atom. The third-order valence-electron chi connectivity index (χ3n) is 2.32. The third-order valence-corrected chi connectivity index (χ3v) is 2.57. The van der Waals surface area contributed by atoms with Gasteiger partial charge in [-0.3, -0.25) is 0 Å². The molecule has 88 valence electrons. The van der Waals surface area contributed by atoms with E-state index in [-0.39, 0.29) is 5.69 Å². The van der Waals surface area contributed by atoms with Crippen LogP contribution in [0.15, 0.2) is 43.8 Å². The molecule has 0 unspecified atom stereocenters. The van der Waals surface area contributed by atoms with E-state index in [2.05, 4.69) is 10.2 Å². The molecule has 17 heavy (non-hydrogen) atoms. The highest BCUT2D eigenvalue weighted by Gasteiger charge is 2.10. The Labute approximate surface area is 102 Å². The maximum absolute atomic E-state index is 11.4. The van der Waals surface area contributed by atoms with Crippen molar-refractivity contribution in [3.63, 3.8) is 0 Å². The molecule has 0 radical (unpaired) electrons. The Bertz CT molecular complexity index is 611. The molecule has 0 atom stereocenters. The Balaban J connectivity index is 2.32. The number of halogens is 1. The summed E-state index contributed by atoms with van der Waals surface area (Å²) in [7, 11) is 1.64. The molecule has 0 aliphatic carbocycles. The molecule has 2 rings (SSSR count). The standard InChI is InChI=1S/C11H10ClN3O2/c1-7-10(11(16)17-15(7)2)14-13-9-5-3-8(12)4-6-9/h3-6H,1-2H3. The summed E-state index contributed by atoms with van der Waals surface area (Å²) in [6, 6.07) is 6.84. The van der Waals surface area contributed by atoms with Crippen molar-refractivity contribution < 1.29 is 4.52 Å². The first-order valence-electron chi connectivity index (χ1n) is 4.92. The van der Waals surface area contributed by atoms with Crippen molar-refractivity contribution in [2.75, 3.05) is 0 Å². The molecule has 0 saturated heterocycles. The highest BCUT2D eigenvalue weighted by atomic mass is 35.5. The van der Waals surface area contributed by atoms with E-state index in [1.165, 1.54) is 4.74 Å². The molecule has 1 aromatic heterocycles. The molecule has 1 aromatic carbocycles. The lowest BCUT2D eigenvalue weighted by Gasteiger charge is -1.92. The van der Waals surface area contributed by atoms with Crippen LogP contribution in [0.5, 0.6) is 0 Å². The van der Waals surface area contributed by atoms with Crippen LogP contribution in [-0.2, 0) is 7.05 Å². The van der Waals surface area contributed by atoms with Crippen LogP contribution in [0, 0.1) is 6.92 Å². The number of hydrogen-bond donors (Lipinski definition) is 0. The van der Waals surface area contributed by atoms with Gasteiger partial charge in [-0.15, -0.1) is 5.11 Å². The molecule has 1 heterocycles.